The van der Waals surface area contributed by atoms with Gasteiger partial charge in [0.1, 0.15) is 0 Å². The normalized spacial score (nSPS) is 21.0. The van der Waals surface area contributed by atoms with Crippen LogP contribution in [0.3, 0.4) is 0 Å². The third-order valence-electron chi connectivity index (χ3n) is 0.832. The van der Waals surface area contributed by atoms with Gasteiger partial charge in [0, 0.05) is 37.3 Å². The summed E-state index contributed by atoms with van der Waals surface area (Å²) in [4.78, 5) is 58.7. The van der Waals surface area contributed by atoms with Gasteiger partial charge < -0.3 is 34.3 Å². The fraction of sp³-hybridized carbons (Fsp3) is 0. The van der Waals surface area contributed by atoms with Gasteiger partial charge in [0.15, 0.2) is 0 Å². The van der Waals surface area contributed by atoms with E-state index >= 15 is 0 Å². The van der Waals surface area contributed by atoms with Crippen LogP contribution in [0, 0.1) is 37.3 Å². The van der Waals surface area contributed by atoms with E-state index in [0.717, 1.165) is 0 Å². The largest absolute Gasteiger partial charge is 0.490 e. The van der Waals surface area contributed by atoms with Crippen LogP contribution in [-0.4, -0.2) is 34.3 Å². The summed E-state index contributed by atoms with van der Waals surface area (Å²) in [5.41, 5.74) is 0. The van der Waals surface area contributed by atoms with Crippen LogP contribution in [0.15, 0.2) is 0 Å². The smallest absolute Gasteiger partial charge is 0.302 e. The van der Waals surface area contributed by atoms with Crippen molar-refractivity contribution < 1.29 is 112 Å². The summed E-state index contributed by atoms with van der Waals surface area (Å²) < 4.78 is 65.6. The van der Waals surface area contributed by atoms with Crippen molar-refractivity contribution in [3.05, 3.63) is 0 Å². The Morgan fingerprint density at radius 1 is 0.455 bits per heavy atom. The first kappa shape index (κ1) is 26.2. The molecule has 0 radical (unpaired) electrons. The van der Waals surface area contributed by atoms with Crippen LogP contribution in [0.1, 0.15) is 0 Å². The van der Waals surface area contributed by atoms with Gasteiger partial charge in [0.25, 0.3) is 0 Å². The molecule has 2 unspecified atom stereocenters. The summed E-state index contributed by atoms with van der Waals surface area (Å²) in [6.45, 7) is 0. The van der Waals surface area contributed by atoms with Gasteiger partial charge in [-0.15, -0.1) is 0 Å². The summed E-state index contributed by atoms with van der Waals surface area (Å²) in [5, 5.41) is 0. The number of rotatable bonds is 8. The van der Waals surface area contributed by atoms with Gasteiger partial charge in [-0.2, -0.15) is 17.2 Å². The molecule has 0 amide bonds. The van der Waals surface area contributed by atoms with Crippen LogP contribution in [0.5, 0.6) is 0 Å². The molecule has 16 nitrogen and oxygen atoms in total. The Hall–Kier alpha value is 1.96. The molecule has 0 aliphatic carbocycles. The molecule has 0 aromatic rings. The molecule has 0 heterocycles. The Balaban J connectivity index is 0. The molecule has 0 spiro atoms. The van der Waals surface area contributed by atoms with Crippen LogP contribution in [0.25, 0.3) is 0 Å². The average molecular weight is 585 g/mol. The molecule has 0 aliphatic heterocycles. The minimum Gasteiger partial charge on any atom is -0.302 e. The zero-order chi connectivity index (χ0) is 17.3. The first-order valence-electron chi connectivity index (χ1n) is 3.77. The Labute approximate surface area is 150 Å². The Morgan fingerprint density at radius 3 is 0.818 bits per heavy atom. The quantitative estimate of drug-likeness (QED) is 0.178. The van der Waals surface area contributed by atoms with Gasteiger partial charge >= 0.3 is 39.1 Å². The molecule has 0 saturated carbocycles. The molecule has 22 heavy (non-hydrogen) atoms. The van der Waals surface area contributed by atoms with Crippen LogP contribution >= 0.6 is 39.1 Å². The molecule has 0 aliphatic rings. The predicted molar refractivity (Wildman–Crippen MR) is 57.9 cm³/mol. The second kappa shape index (κ2) is 8.56. The maximum atomic E-state index is 11.0. The molecule has 0 rings (SSSR count). The van der Waals surface area contributed by atoms with E-state index in [0.29, 0.717) is 0 Å². The first-order chi connectivity index (χ1) is 8.83. The van der Waals surface area contributed by atoms with Gasteiger partial charge in [0.05, 0.1) is 0 Å². The molecule has 0 bridgehead atoms. The summed E-state index contributed by atoms with van der Waals surface area (Å²) in [5.74, 6) is 0. The Bertz CT molecular complexity index is 552. The minimum absolute atomic E-state index is 0. The molecule has 2 atom stereocenters. The summed E-state index contributed by atoms with van der Waals surface area (Å²) in [6.07, 6.45) is 0. The van der Waals surface area contributed by atoms with Crippen molar-refractivity contribution in [3.63, 3.8) is 0 Å². The maximum Gasteiger partial charge on any atom is 0.490 e. The van der Waals surface area contributed by atoms with Gasteiger partial charge in [0.2, 0.25) is 0 Å². The molecule has 0 aromatic heterocycles. The van der Waals surface area contributed by atoms with E-state index in [1.807, 2.05) is 0 Å². The third-order valence-corrected chi connectivity index (χ3v) is 7.49. The fourth-order valence-corrected chi connectivity index (χ4v) is 5.97. The molecule has 22 heteroatoms. The summed E-state index contributed by atoms with van der Waals surface area (Å²) in [7, 11) is -29.3. The van der Waals surface area contributed by atoms with Crippen molar-refractivity contribution >= 4 is 39.1 Å². The first-order valence-corrected chi connectivity index (χ1v) is 11.3. The van der Waals surface area contributed by atoms with Gasteiger partial charge in [-0.25, -0.2) is 22.8 Å². The third kappa shape index (κ3) is 14.3. The van der Waals surface area contributed by atoms with Crippen molar-refractivity contribution in [3.8, 4) is 0 Å². The van der Waals surface area contributed by atoms with E-state index in [1.165, 1.54) is 0 Å². The average Bonchev–Trinajstić information content (AvgIpc) is 1.83. The Morgan fingerprint density at radius 2 is 0.636 bits per heavy atom. The van der Waals surface area contributed by atoms with Gasteiger partial charge in [-0.1, -0.05) is 0 Å². The zero-order valence-electron chi connectivity index (χ0n) is 9.33. The van der Waals surface area contributed by atoms with Gasteiger partial charge in [-0.3, -0.25) is 0 Å². The predicted octanol–water partition coefficient (Wildman–Crippen LogP) is -0.461. The standard InChI is InChI=1S/Er.H7O16P5/c;1-17(2,3)13-19(7,8)15-21(11,12)16-20(9,10)14-18(4,5)6/h;(H,7,8)(H,9,10)(H,11,12)(H2,1,2,3)(H2,4,5,6). The fourth-order valence-electron chi connectivity index (χ4n) is 0.574. The number of phosphoric acid groups is 5. The van der Waals surface area contributed by atoms with Crippen molar-refractivity contribution in [2.45, 2.75) is 0 Å². The SMILES string of the molecule is O=P(O)(O)OP(=O)(O)OP(=O)(O)OP(=O)(O)OP(=O)(O)O.[Er]. The second-order valence-electron chi connectivity index (χ2n) is 2.71. The van der Waals surface area contributed by atoms with Gasteiger partial charge in [-0.05, 0) is 0 Å². The monoisotopic (exact) mass is 584 g/mol. The zero-order valence-corrected chi connectivity index (χ0v) is 15.7. The van der Waals surface area contributed by atoms with E-state index in [-0.39, 0.29) is 37.3 Å². The van der Waals surface area contributed by atoms with Crippen LogP contribution in [0.2, 0.25) is 0 Å². The van der Waals surface area contributed by atoms with E-state index < -0.39 is 39.1 Å². The molecule has 0 saturated heterocycles. The van der Waals surface area contributed by atoms with E-state index in [2.05, 4.69) is 17.2 Å². The summed E-state index contributed by atoms with van der Waals surface area (Å²) >= 11 is 0. The minimum atomic E-state index is -6.07. The van der Waals surface area contributed by atoms with Crippen LogP contribution in [0.4, 0.5) is 0 Å². The molecule has 0 fully saturated rings. The molecular formula is H7ErO16P5. The molecule has 7 N–H and O–H groups in total. The van der Waals surface area contributed by atoms with Crippen molar-refractivity contribution in [2.24, 2.45) is 0 Å². The van der Waals surface area contributed by atoms with Crippen LogP contribution in [-0.2, 0) is 40.1 Å². The molecule has 0 aromatic carbocycles. The maximum absolute atomic E-state index is 11.0. The molecular weight excluding hydrogens is 578 g/mol. The van der Waals surface area contributed by atoms with Crippen molar-refractivity contribution in [1.29, 1.82) is 0 Å². The Kier molecular flexibility index (Phi) is 10.2. The molecule has 140 valence electrons. The summed E-state index contributed by atoms with van der Waals surface area (Å²) in [6, 6.07) is 0. The van der Waals surface area contributed by atoms with Crippen molar-refractivity contribution in [2.75, 3.05) is 0 Å². The van der Waals surface area contributed by atoms with Crippen molar-refractivity contribution in [1.82, 2.24) is 0 Å². The number of hydrogen-bond donors (Lipinski definition) is 7. The van der Waals surface area contributed by atoms with E-state index in [9.17, 15) is 22.8 Å². The van der Waals surface area contributed by atoms with E-state index in [1.54, 1.807) is 0 Å². The number of hydrogen-bond acceptors (Lipinski definition) is 9. The van der Waals surface area contributed by atoms with E-state index in [4.69, 9.17) is 34.3 Å². The second-order valence-corrected chi connectivity index (χ2v) is 10.1. The van der Waals surface area contributed by atoms with Crippen LogP contribution < -0.4 is 0 Å². The topological polar surface area (TPSA) is 264 Å².